The molecule has 3 rings (SSSR count). The Labute approximate surface area is 147 Å². The maximum absolute atomic E-state index is 12.9. The molecule has 6 nitrogen and oxygen atoms in total. The number of sulfonamides is 1. The molecule has 7 heteroatoms. The highest BCUT2D eigenvalue weighted by Crippen LogP contribution is 2.31. The summed E-state index contributed by atoms with van der Waals surface area (Å²) in [7, 11) is -3.71. The minimum absolute atomic E-state index is 0.102. The largest absolute Gasteiger partial charge is 0.486 e. The summed E-state index contributed by atoms with van der Waals surface area (Å²) in [5, 5.41) is 8.98. The van der Waals surface area contributed by atoms with Crippen molar-refractivity contribution in [1.82, 2.24) is 4.31 Å². The van der Waals surface area contributed by atoms with Crippen LogP contribution >= 0.6 is 0 Å². The predicted molar refractivity (Wildman–Crippen MR) is 91.9 cm³/mol. The first-order chi connectivity index (χ1) is 12.0. The smallest absolute Gasteiger partial charge is 0.243 e. The van der Waals surface area contributed by atoms with Crippen LogP contribution in [0, 0.1) is 11.3 Å². The summed E-state index contributed by atoms with van der Waals surface area (Å²) in [6.07, 6.45) is -0.399. The molecule has 0 spiro atoms. The molecule has 25 heavy (non-hydrogen) atoms. The lowest BCUT2D eigenvalue weighted by Crippen LogP contribution is -2.43. The van der Waals surface area contributed by atoms with Gasteiger partial charge in [0.15, 0.2) is 11.5 Å². The predicted octanol–water partition coefficient (Wildman–Crippen LogP) is 2.41. The summed E-state index contributed by atoms with van der Waals surface area (Å²) in [5.74, 6) is 1.27. The standard InChI is InChI=1S/C18H18N2O4S/c1-2-20(25(21,22)16-7-5-6-14(10-16)11-19)12-15-13-23-17-8-3-4-9-18(17)24-15/h3-10,15H,2,12-13H2,1H3. The number of likely N-dealkylation sites (N-methyl/N-ethyl adjacent to an activating group) is 1. The topological polar surface area (TPSA) is 79.6 Å². The molecule has 0 saturated heterocycles. The molecule has 0 N–H and O–H groups in total. The second-order valence-electron chi connectivity index (χ2n) is 5.59. The van der Waals surface area contributed by atoms with E-state index in [1.54, 1.807) is 25.1 Å². The number of fused-ring (bicyclic) bond motifs is 1. The molecule has 2 aromatic rings. The van der Waals surface area contributed by atoms with E-state index in [1.807, 2.05) is 24.3 Å². The zero-order chi connectivity index (χ0) is 17.9. The third-order valence-electron chi connectivity index (χ3n) is 3.93. The number of ether oxygens (including phenoxy) is 2. The number of hydrogen-bond acceptors (Lipinski definition) is 5. The Morgan fingerprint density at radius 3 is 2.68 bits per heavy atom. The fraction of sp³-hybridized carbons (Fsp3) is 0.278. The van der Waals surface area contributed by atoms with Gasteiger partial charge in [-0.25, -0.2) is 8.42 Å². The van der Waals surface area contributed by atoms with Gasteiger partial charge in [-0.3, -0.25) is 0 Å². The third kappa shape index (κ3) is 3.60. The molecular formula is C18H18N2O4S. The fourth-order valence-electron chi connectivity index (χ4n) is 2.65. The first-order valence-corrected chi connectivity index (χ1v) is 9.37. The first kappa shape index (κ1) is 17.3. The van der Waals surface area contributed by atoms with Crippen LogP contribution in [-0.2, 0) is 10.0 Å². The molecule has 1 unspecified atom stereocenters. The van der Waals surface area contributed by atoms with Crippen molar-refractivity contribution in [2.75, 3.05) is 19.7 Å². The van der Waals surface area contributed by atoms with Crippen LogP contribution in [0.4, 0.5) is 0 Å². The van der Waals surface area contributed by atoms with Gasteiger partial charge in [-0.2, -0.15) is 9.57 Å². The van der Waals surface area contributed by atoms with E-state index in [0.717, 1.165) is 0 Å². The first-order valence-electron chi connectivity index (χ1n) is 7.93. The summed E-state index contributed by atoms with van der Waals surface area (Å²) in [6, 6.07) is 15.3. The lowest BCUT2D eigenvalue weighted by atomic mass is 10.2. The van der Waals surface area contributed by atoms with Crippen molar-refractivity contribution in [2.45, 2.75) is 17.9 Å². The van der Waals surface area contributed by atoms with E-state index in [4.69, 9.17) is 14.7 Å². The molecule has 0 bridgehead atoms. The molecule has 2 aromatic carbocycles. The average Bonchev–Trinajstić information content (AvgIpc) is 2.65. The summed E-state index contributed by atoms with van der Waals surface area (Å²) < 4.78 is 38.6. The van der Waals surface area contributed by atoms with E-state index >= 15 is 0 Å². The van der Waals surface area contributed by atoms with Crippen molar-refractivity contribution in [3.05, 3.63) is 54.1 Å². The van der Waals surface area contributed by atoms with E-state index in [-0.39, 0.29) is 18.0 Å². The number of nitrogens with zero attached hydrogens (tertiary/aromatic N) is 2. The Morgan fingerprint density at radius 1 is 1.20 bits per heavy atom. The van der Waals surface area contributed by atoms with Crippen molar-refractivity contribution in [2.24, 2.45) is 0 Å². The minimum atomic E-state index is -3.71. The second-order valence-corrected chi connectivity index (χ2v) is 7.53. The van der Waals surface area contributed by atoms with Crippen LogP contribution in [0.5, 0.6) is 11.5 Å². The number of nitriles is 1. The van der Waals surface area contributed by atoms with Crippen LogP contribution in [0.2, 0.25) is 0 Å². The van der Waals surface area contributed by atoms with Crippen LogP contribution in [-0.4, -0.2) is 38.5 Å². The maximum atomic E-state index is 12.9. The van der Waals surface area contributed by atoms with Gasteiger partial charge < -0.3 is 9.47 Å². The van der Waals surface area contributed by atoms with Gasteiger partial charge in [-0.1, -0.05) is 25.1 Å². The third-order valence-corrected chi connectivity index (χ3v) is 5.87. The quantitative estimate of drug-likeness (QED) is 0.820. The van der Waals surface area contributed by atoms with E-state index in [2.05, 4.69) is 0 Å². The molecule has 0 saturated carbocycles. The Balaban J connectivity index is 1.79. The SMILES string of the molecule is CCN(CC1COc2ccccc2O1)S(=O)(=O)c1cccc(C#N)c1. The summed E-state index contributed by atoms with van der Waals surface area (Å²) in [5.41, 5.74) is 0.309. The van der Waals surface area contributed by atoms with Gasteiger partial charge in [-0.15, -0.1) is 0 Å². The van der Waals surface area contributed by atoms with Crippen molar-refractivity contribution in [3.63, 3.8) is 0 Å². The second kappa shape index (κ2) is 7.13. The molecule has 0 amide bonds. The normalized spacial score (nSPS) is 16.4. The number of hydrogen-bond donors (Lipinski definition) is 0. The molecular weight excluding hydrogens is 340 g/mol. The summed E-state index contributed by atoms with van der Waals surface area (Å²) >= 11 is 0. The van der Waals surface area contributed by atoms with Gasteiger partial charge in [0.2, 0.25) is 10.0 Å². The van der Waals surface area contributed by atoms with Gasteiger partial charge in [-0.05, 0) is 30.3 Å². The molecule has 0 radical (unpaired) electrons. The van der Waals surface area contributed by atoms with Crippen molar-refractivity contribution >= 4 is 10.0 Å². The Bertz CT molecular complexity index is 905. The molecule has 0 fully saturated rings. The monoisotopic (exact) mass is 358 g/mol. The van der Waals surface area contributed by atoms with Gasteiger partial charge in [0.25, 0.3) is 0 Å². The van der Waals surface area contributed by atoms with Crippen LogP contribution in [0.25, 0.3) is 0 Å². The number of para-hydroxylation sites is 2. The molecule has 1 atom stereocenters. The zero-order valence-electron chi connectivity index (χ0n) is 13.8. The van der Waals surface area contributed by atoms with Gasteiger partial charge in [0.05, 0.1) is 23.1 Å². The van der Waals surface area contributed by atoms with Crippen molar-refractivity contribution in [3.8, 4) is 17.6 Å². The highest BCUT2D eigenvalue weighted by molar-refractivity contribution is 7.89. The Kier molecular flexibility index (Phi) is 4.93. The molecule has 1 aliphatic heterocycles. The van der Waals surface area contributed by atoms with Crippen LogP contribution in [0.3, 0.4) is 0 Å². The lowest BCUT2D eigenvalue weighted by molar-refractivity contribution is 0.0771. The van der Waals surface area contributed by atoms with Gasteiger partial charge >= 0.3 is 0 Å². The van der Waals surface area contributed by atoms with Crippen molar-refractivity contribution < 1.29 is 17.9 Å². The van der Waals surface area contributed by atoms with Crippen LogP contribution < -0.4 is 9.47 Å². The van der Waals surface area contributed by atoms with E-state index < -0.39 is 16.1 Å². The summed E-state index contributed by atoms with van der Waals surface area (Å²) in [4.78, 5) is 0.102. The zero-order valence-corrected chi connectivity index (χ0v) is 14.6. The lowest BCUT2D eigenvalue weighted by Gasteiger charge is -2.30. The summed E-state index contributed by atoms with van der Waals surface area (Å²) in [6.45, 7) is 2.51. The van der Waals surface area contributed by atoms with Crippen LogP contribution in [0.1, 0.15) is 12.5 Å². The Morgan fingerprint density at radius 2 is 1.96 bits per heavy atom. The number of benzene rings is 2. The Hall–Kier alpha value is -2.56. The number of rotatable bonds is 5. The van der Waals surface area contributed by atoms with E-state index in [1.165, 1.54) is 16.4 Å². The van der Waals surface area contributed by atoms with E-state index in [9.17, 15) is 8.42 Å². The van der Waals surface area contributed by atoms with Gasteiger partial charge in [0.1, 0.15) is 12.7 Å². The minimum Gasteiger partial charge on any atom is -0.486 e. The van der Waals surface area contributed by atoms with Crippen molar-refractivity contribution in [1.29, 1.82) is 5.26 Å². The molecule has 1 heterocycles. The highest BCUT2D eigenvalue weighted by atomic mass is 32.2. The van der Waals surface area contributed by atoms with Crippen LogP contribution in [0.15, 0.2) is 53.4 Å². The average molecular weight is 358 g/mol. The fourth-order valence-corrected chi connectivity index (χ4v) is 4.18. The molecule has 0 aliphatic carbocycles. The maximum Gasteiger partial charge on any atom is 0.243 e. The highest BCUT2D eigenvalue weighted by Gasteiger charge is 2.29. The molecule has 130 valence electrons. The molecule has 0 aromatic heterocycles. The molecule has 1 aliphatic rings. The van der Waals surface area contributed by atoms with E-state index in [0.29, 0.717) is 23.6 Å². The van der Waals surface area contributed by atoms with Gasteiger partial charge in [0, 0.05) is 6.54 Å².